The van der Waals surface area contributed by atoms with Crippen LogP contribution < -0.4 is 15.4 Å². The third-order valence-electron chi connectivity index (χ3n) is 3.87. The smallest absolute Gasteiger partial charge is 0.320 e. The van der Waals surface area contributed by atoms with E-state index in [0.29, 0.717) is 28.0 Å². The van der Waals surface area contributed by atoms with Gasteiger partial charge in [-0.3, -0.25) is 10.4 Å². The molecular weight excluding hydrogens is 341 g/mol. The molecule has 3 aromatic rings. The minimum atomic E-state index is -0.510. The molecule has 0 saturated carbocycles. The van der Waals surface area contributed by atoms with Gasteiger partial charge in [-0.1, -0.05) is 12.1 Å². The quantitative estimate of drug-likeness (QED) is 0.559. The number of halogens is 1. The number of rotatable bonds is 5. The highest BCUT2D eigenvalue weighted by atomic mass is 19.1. The normalized spacial score (nSPS) is 12.0. The monoisotopic (exact) mass is 359 g/mol. The van der Waals surface area contributed by atoms with Crippen LogP contribution in [0.4, 0.5) is 15.0 Å². The van der Waals surface area contributed by atoms with Crippen molar-refractivity contribution in [1.82, 2.24) is 20.5 Å². The second kappa shape index (κ2) is 7.36. The zero-order valence-electron chi connectivity index (χ0n) is 14.2. The lowest BCUT2D eigenvalue weighted by molar-refractivity contribution is 0.249. The lowest BCUT2D eigenvalue weighted by Gasteiger charge is -2.15. The number of amides is 2. The van der Waals surface area contributed by atoms with E-state index in [1.807, 2.05) is 0 Å². The summed E-state index contributed by atoms with van der Waals surface area (Å²) in [6.45, 7) is 1.40. The first-order valence-corrected chi connectivity index (χ1v) is 7.87. The van der Waals surface area contributed by atoms with Crippen molar-refractivity contribution in [1.29, 1.82) is 0 Å². The molecule has 0 aliphatic heterocycles. The molecule has 2 amide bonds. The van der Waals surface area contributed by atoms with E-state index in [1.165, 1.54) is 19.2 Å². The number of urea groups is 1. The molecule has 0 unspecified atom stereocenters. The lowest BCUT2D eigenvalue weighted by Crippen LogP contribution is -2.31. The Balaban J connectivity index is 1.77. The number of hydrogen-bond acceptors (Lipinski definition) is 5. The number of fused-ring (bicyclic) bond motifs is 1. The van der Waals surface area contributed by atoms with Crippen molar-refractivity contribution >= 4 is 22.8 Å². The number of H-pyrrole nitrogens is 1. The number of aromatic amines is 1. The van der Waals surface area contributed by atoms with Gasteiger partial charge in [0.15, 0.2) is 0 Å². The average Bonchev–Trinajstić information content (AvgIpc) is 3.04. The first-order valence-electron chi connectivity index (χ1n) is 7.87. The maximum atomic E-state index is 13.3. The second-order valence-electron chi connectivity index (χ2n) is 5.64. The molecule has 2 heterocycles. The second-order valence-corrected chi connectivity index (χ2v) is 5.64. The Bertz CT molecular complexity index is 943. The summed E-state index contributed by atoms with van der Waals surface area (Å²) < 4.78 is 18.4. The molecule has 1 aromatic carbocycles. The van der Waals surface area contributed by atoms with E-state index >= 15 is 0 Å². The van der Waals surface area contributed by atoms with Crippen LogP contribution in [0.3, 0.4) is 0 Å². The van der Waals surface area contributed by atoms with E-state index in [9.17, 15) is 14.3 Å². The molecule has 8 nitrogen and oxygen atoms in total. The van der Waals surface area contributed by atoms with Crippen molar-refractivity contribution in [2.24, 2.45) is 0 Å². The number of methoxy groups -OCH3 is 1. The average molecular weight is 359 g/mol. The fourth-order valence-corrected chi connectivity index (χ4v) is 2.63. The summed E-state index contributed by atoms with van der Waals surface area (Å²) in [5.41, 5.74) is 1.52. The van der Waals surface area contributed by atoms with E-state index in [4.69, 9.17) is 4.74 Å². The number of carbonyl (C=O) groups is 1. The minimum Gasteiger partial charge on any atom is -0.479 e. The van der Waals surface area contributed by atoms with Gasteiger partial charge in [0, 0.05) is 6.07 Å². The zero-order valence-corrected chi connectivity index (χ0v) is 14.2. The molecule has 4 N–H and O–H groups in total. The van der Waals surface area contributed by atoms with Crippen LogP contribution >= 0.6 is 0 Å². The van der Waals surface area contributed by atoms with Gasteiger partial charge in [0.25, 0.3) is 0 Å². The number of nitrogens with one attached hydrogen (secondary N) is 3. The van der Waals surface area contributed by atoms with Crippen LogP contribution in [0.25, 0.3) is 10.9 Å². The molecule has 0 radical (unpaired) electrons. The van der Waals surface area contributed by atoms with Gasteiger partial charge in [-0.15, -0.1) is 5.10 Å². The highest BCUT2D eigenvalue weighted by Gasteiger charge is 2.16. The summed E-state index contributed by atoms with van der Waals surface area (Å²) in [5.74, 6) is 0.175. The number of ether oxygens (including phenoxy) is 1. The van der Waals surface area contributed by atoms with Crippen molar-refractivity contribution in [3.8, 4) is 5.88 Å². The van der Waals surface area contributed by atoms with E-state index < -0.39 is 12.1 Å². The Morgan fingerprint density at radius 1 is 1.42 bits per heavy atom. The van der Waals surface area contributed by atoms with E-state index in [2.05, 4.69) is 25.8 Å². The Morgan fingerprint density at radius 2 is 2.23 bits per heavy atom. The molecule has 0 bridgehead atoms. The Labute approximate surface area is 148 Å². The molecule has 0 saturated heterocycles. The summed E-state index contributed by atoms with van der Waals surface area (Å²) in [7, 11) is 1.46. The van der Waals surface area contributed by atoms with Gasteiger partial charge in [0.1, 0.15) is 11.6 Å². The predicted octanol–water partition coefficient (Wildman–Crippen LogP) is 2.48. The molecule has 1 atom stereocenters. The van der Waals surface area contributed by atoms with Crippen molar-refractivity contribution < 1.29 is 19.0 Å². The van der Waals surface area contributed by atoms with Gasteiger partial charge in [-0.25, -0.2) is 14.2 Å². The van der Waals surface area contributed by atoms with Crippen molar-refractivity contribution in [3.63, 3.8) is 0 Å². The summed E-state index contributed by atoms with van der Waals surface area (Å²) in [6.07, 6.45) is 0. The van der Waals surface area contributed by atoms with Crippen LogP contribution in [0.5, 0.6) is 5.88 Å². The molecule has 0 aliphatic carbocycles. The molecule has 9 heteroatoms. The van der Waals surface area contributed by atoms with Gasteiger partial charge >= 0.3 is 6.03 Å². The molecule has 0 fully saturated rings. The number of aliphatic hydroxyl groups excluding tert-OH is 1. The van der Waals surface area contributed by atoms with Crippen LogP contribution in [0.2, 0.25) is 0 Å². The number of pyridine rings is 1. The summed E-state index contributed by atoms with van der Waals surface area (Å²) in [5, 5.41) is 22.1. The van der Waals surface area contributed by atoms with Crippen LogP contribution in [-0.4, -0.2) is 33.4 Å². The first-order chi connectivity index (χ1) is 12.5. The van der Waals surface area contributed by atoms with E-state index in [0.717, 1.165) is 0 Å². The standard InChI is InChI=1S/C17H18FN5O3/c1-9(10-4-3-5-11(18)6-10)19-17(25)21-14-7-12-15(13(8-24)20-14)16(26-2)23-22-12/h3-7,9,24H,8H2,1-2H3,(H,22,23)(H2,19,20,21,25)/t9-/m1/s1. The molecule has 0 spiro atoms. The lowest BCUT2D eigenvalue weighted by atomic mass is 10.1. The van der Waals surface area contributed by atoms with Crippen molar-refractivity contribution in [2.45, 2.75) is 19.6 Å². The highest BCUT2D eigenvalue weighted by molar-refractivity contribution is 5.93. The zero-order chi connectivity index (χ0) is 18.7. The maximum Gasteiger partial charge on any atom is 0.320 e. The SMILES string of the molecule is COc1n[nH]c2cc(NC(=O)N[C@H](C)c3cccc(F)c3)nc(CO)c12. The molecule has 2 aromatic heterocycles. The Morgan fingerprint density at radius 3 is 2.92 bits per heavy atom. The Hall–Kier alpha value is -3.20. The number of anilines is 1. The van der Waals surface area contributed by atoms with Crippen LogP contribution in [-0.2, 0) is 6.61 Å². The summed E-state index contributed by atoms with van der Waals surface area (Å²) in [6, 6.07) is 6.66. The number of hydrogen-bond donors (Lipinski definition) is 4. The van der Waals surface area contributed by atoms with Gasteiger partial charge in [0.05, 0.1) is 36.4 Å². The number of nitrogens with zero attached hydrogens (tertiary/aromatic N) is 2. The number of aliphatic hydroxyl groups is 1. The maximum absolute atomic E-state index is 13.3. The molecule has 136 valence electrons. The number of carbonyl (C=O) groups excluding carboxylic acids is 1. The molecule has 0 aliphatic rings. The van der Waals surface area contributed by atoms with Gasteiger partial charge < -0.3 is 15.2 Å². The van der Waals surface area contributed by atoms with Crippen LogP contribution in [0, 0.1) is 5.82 Å². The van der Waals surface area contributed by atoms with E-state index in [-0.39, 0.29) is 18.2 Å². The fraction of sp³-hybridized carbons (Fsp3) is 0.235. The number of aromatic nitrogens is 3. The third kappa shape index (κ3) is 3.57. The molecular formula is C17H18FN5O3. The van der Waals surface area contributed by atoms with Gasteiger partial charge in [0.2, 0.25) is 5.88 Å². The highest BCUT2D eigenvalue weighted by Crippen LogP contribution is 2.27. The minimum absolute atomic E-state index is 0.233. The van der Waals surface area contributed by atoms with Crippen molar-refractivity contribution in [3.05, 3.63) is 47.4 Å². The van der Waals surface area contributed by atoms with Crippen LogP contribution in [0.15, 0.2) is 30.3 Å². The van der Waals surface area contributed by atoms with Crippen molar-refractivity contribution in [2.75, 3.05) is 12.4 Å². The third-order valence-corrected chi connectivity index (χ3v) is 3.87. The fourth-order valence-electron chi connectivity index (χ4n) is 2.63. The molecule has 3 rings (SSSR count). The van der Waals surface area contributed by atoms with Crippen LogP contribution in [0.1, 0.15) is 24.2 Å². The largest absolute Gasteiger partial charge is 0.479 e. The summed E-state index contributed by atoms with van der Waals surface area (Å²) >= 11 is 0. The predicted molar refractivity (Wildman–Crippen MR) is 93.3 cm³/mol. The van der Waals surface area contributed by atoms with E-state index in [1.54, 1.807) is 25.1 Å². The van der Waals surface area contributed by atoms with Gasteiger partial charge in [-0.2, -0.15) is 0 Å². The van der Waals surface area contributed by atoms with Gasteiger partial charge in [-0.05, 0) is 24.6 Å². The Kier molecular flexibility index (Phi) is 4.99. The first kappa shape index (κ1) is 17.6. The number of benzene rings is 1. The molecule has 26 heavy (non-hydrogen) atoms. The summed E-state index contributed by atoms with van der Waals surface area (Å²) in [4.78, 5) is 16.4. The topological polar surface area (TPSA) is 112 Å².